The van der Waals surface area contributed by atoms with E-state index in [1.807, 2.05) is 19.1 Å². The van der Waals surface area contributed by atoms with Gasteiger partial charge in [-0.25, -0.2) is 4.98 Å². The van der Waals surface area contributed by atoms with Gasteiger partial charge < -0.3 is 19.6 Å². The molecule has 0 fully saturated rings. The number of pyridine rings is 3. The summed E-state index contributed by atoms with van der Waals surface area (Å²) in [5.41, 5.74) is 2.49. The van der Waals surface area contributed by atoms with Crippen molar-refractivity contribution in [2.75, 3.05) is 26.7 Å². The van der Waals surface area contributed by atoms with E-state index in [0.29, 0.717) is 24.2 Å². The van der Waals surface area contributed by atoms with Crippen LogP contribution >= 0.6 is 0 Å². The van der Waals surface area contributed by atoms with Gasteiger partial charge >= 0.3 is 0 Å². The van der Waals surface area contributed by atoms with Crippen LogP contribution in [-0.4, -0.2) is 80.6 Å². The number of hydrogen-bond donors (Lipinski definition) is 1. The molecule has 9 nitrogen and oxygen atoms in total. The van der Waals surface area contributed by atoms with E-state index in [1.54, 1.807) is 73.0 Å². The fraction of sp³-hybridized carbons (Fsp3) is 0.346. The number of carbonyl (C=O) groups excluding carboxylic acids is 2. The van der Waals surface area contributed by atoms with Crippen LogP contribution in [0.25, 0.3) is 11.1 Å². The van der Waals surface area contributed by atoms with Crippen LogP contribution in [-0.2, 0) is 0 Å². The maximum absolute atomic E-state index is 13.6. The van der Waals surface area contributed by atoms with Crippen molar-refractivity contribution in [3.63, 3.8) is 0 Å². The molecule has 1 aliphatic rings. The topological polar surface area (TPSA) is 109 Å². The number of amides is 2. The lowest BCUT2D eigenvalue weighted by Gasteiger charge is -2.37. The average molecular weight is 476 g/mol. The van der Waals surface area contributed by atoms with Crippen LogP contribution in [0.3, 0.4) is 0 Å². The summed E-state index contributed by atoms with van der Waals surface area (Å²) in [5.74, 6) is -0.320. The van der Waals surface area contributed by atoms with Crippen LogP contribution in [0.1, 0.15) is 34.6 Å². The number of fused-ring (bicyclic) bond motifs is 1. The SMILES string of the molecule is C[C@@H]1CN([C@@H](C)CO)C(=O)c2cc(-c3ccncc3)cnc2O[C@H]1CN(C)C(=O)c1ccncc1. The van der Waals surface area contributed by atoms with E-state index in [2.05, 4.69) is 15.0 Å². The summed E-state index contributed by atoms with van der Waals surface area (Å²) >= 11 is 0. The smallest absolute Gasteiger partial charge is 0.259 e. The second-order valence-corrected chi connectivity index (χ2v) is 8.86. The van der Waals surface area contributed by atoms with E-state index in [4.69, 9.17) is 4.74 Å². The number of ether oxygens (including phenoxy) is 1. The van der Waals surface area contributed by atoms with E-state index >= 15 is 0 Å². The highest BCUT2D eigenvalue weighted by atomic mass is 16.5. The summed E-state index contributed by atoms with van der Waals surface area (Å²) in [7, 11) is 1.72. The van der Waals surface area contributed by atoms with Crippen LogP contribution < -0.4 is 4.74 Å². The molecule has 182 valence electrons. The minimum Gasteiger partial charge on any atom is -0.472 e. The molecule has 0 aromatic carbocycles. The molecule has 0 radical (unpaired) electrons. The van der Waals surface area contributed by atoms with Crippen molar-refractivity contribution in [3.05, 3.63) is 72.4 Å². The van der Waals surface area contributed by atoms with Gasteiger partial charge in [0.2, 0.25) is 5.88 Å². The number of likely N-dealkylation sites (N-methyl/N-ethyl adjacent to an activating group) is 1. The molecule has 4 heterocycles. The maximum Gasteiger partial charge on any atom is 0.259 e. The van der Waals surface area contributed by atoms with Crippen LogP contribution in [0.5, 0.6) is 5.88 Å². The highest BCUT2D eigenvalue weighted by Gasteiger charge is 2.34. The quantitative estimate of drug-likeness (QED) is 0.584. The monoisotopic (exact) mass is 475 g/mol. The fourth-order valence-corrected chi connectivity index (χ4v) is 4.09. The zero-order valence-electron chi connectivity index (χ0n) is 20.0. The lowest BCUT2D eigenvalue weighted by molar-refractivity contribution is 0.0313. The first-order valence-corrected chi connectivity index (χ1v) is 11.5. The van der Waals surface area contributed by atoms with Gasteiger partial charge in [-0.2, -0.15) is 0 Å². The Bertz CT molecular complexity index is 1170. The van der Waals surface area contributed by atoms with Gasteiger partial charge in [-0.1, -0.05) is 6.92 Å². The Morgan fingerprint density at radius 1 is 1.17 bits per heavy atom. The summed E-state index contributed by atoms with van der Waals surface area (Å²) in [5, 5.41) is 9.84. The summed E-state index contributed by atoms with van der Waals surface area (Å²) in [6.07, 6.45) is 7.75. The normalized spacial score (nSPS) is 18.6. The molecule has 3 aromatic heterocycles. The predicted molar refractivity (Wildman–Crippen MR) is 130 cm³/mol. The number of nitrogens with zero attached hydrogens (tertiary/aromatic N) is 5. The number of aliphatic hydroxyl groups excluding tert-OH is 1. The van der Waals surface area contributed by atoms with E-state index < -0.39 is 12.1 Å². The molecule has 0 aliphatic carbocycles. The number of carbonyl (C=O) groups is 2. The first-order valence-electron chi connectivity index (χ1n) is 11.5. The zero-order valence-corrected chi connectivity index (χ0v) is 20.0. The Morgan fingerprint density at radius 2 is 1.83 bits per heavy atom. The molecular weight excluding hydrogens is 446 g/mol. The zero-order chi connectivity index (χ0) is 24.9. The van der Waals surface area contributed by atoms with Crippen molar-refractivity contribution in [1.29, 1.82) is 0 Å². The van der Waals surface area contributed by atoms with Gasteiger partial charge in [-0.3, -0.25) is 19.6 Å². The molecule has 9 heteroatoms. The molecule has 0 spiro atoms. The molecule has 2 amide bonds. The number of aromatic nitrogens is 3. The van der Waals surface area contributed by atoms with Crippen LogP contribution in [0.4, 0.5) is 0 Å². The lowest BCUT2D eigenvalue weighted by Crippen LogP contribution is -2.50. The van der Waals surface area contributed by atoms with Crippen molar-refractivity contribution >= 4 is 11.8 Å². The van der Waals surface area contributed by atoms with Crippen LogP contribution in [0.15, 0.2) is 61.3 Å². The van der Waals surface area contributed by atoms with Crippen LogP contribution in [0, 0.1) is 5.92 Å². The first-order chi connectivity index (χ1) is 16.9. The number of hydrogen-bond acceptors (Lipinski definition) is 7. The van der Waals surface area contributed by atoms with Gasteiger partial charge in [0.25, 0.3) is 11.8 Å². The molecule has 3 atom stereocenters. The Balaban J connectivity index is 1.68. The van der Waals surface area contributed by atoms with Crippen molar-refractivity contribution in [2.45, 2.75) is 26.0 Å². The Hall–Kier alpha value is -3.85. The summed E-state index contributed by atoms with van der Waals surface area (Å²) in [4.78, 5) is 42.2. The molecule has 0 saturated heterocycles. The highest BCUT2D eigenvalue weighted by Crippen LogP contribution is 2.30. The van der Waals surface area contributed by atoms with Gasteiger partial charge in [0.05, 0.1) is 19.2 Å². The molecule has 3 aromatic rings. The Kier molecular flexibility index (Phi) is 7.36. The standard InChI is InChI=1S/C26H29N5O4/c1-17-14-31(18(2)16-32)26(34)22-12-21(19-4-8-27-9-5-19)13-29-24(22)35-23(17)15-30(3)25(33)20-6-10-28-11-7-20/h4-13,17-18,23,32H,14-16H2,1-3H3/t17-,18+,23+/m1/s1. The molecule has 1 N–H and O–H groups in total. The molecular formula is C26H29N5O4. The Morgan fingerprint density at radius 3 is 2.49 bits per heavy atom. The molecule has 4 rings (SSSR count). The summed E-state index contributed by atoms with van der Waals surface area (Å²) in [6, 6.07) is 8.39. The largest absolute Gasteiger partial charge is 0.472 e. The fourth-order valence-electron chi connectivity index (χ4n) is 4.09. The molecule has 1 aliphatic heterocycles. The van der Waals surface area contributed by atoms with Crippen molar-refractivity contribution in [1.82, 2.24) is 24.8 Å². The maximum atomic E-state index is 13.6. The van der Waals surface area contributed by atoms with E-state index in [9.17, 15) is 14.7 Å². The molecule has 35 heavy (non-hydrogen) atoms. The average Bonchev–Trinajstić information content (AvgIpc) is 2.90. The second kappa shape index (κ2) is 10.6. The van der Waals surface area contributed by atoms with Gasteiger partial charge in [0, 0.05) is 61.6 Å². The molecule has 0 unspecified atom stereocenters. The third kappa shape index (κ3) is 5.30. The van der Waals surface area contributed by atoms with Crippen molar-refractivity contribution < 1.29 is 19.4 Å². The third-order valence-corrected chi connectivity index (χ3v) is 6.26. The van der Waals surface area contributed by atoms with Gasteiger partial charge in [0.15, 0.2) is 0 Å². The van der Waals surface area contributed by atoms with Gasteiger partial charge in [-0.15, -0.1) is 0 Å². The minimum atomic E-state index is -0.426. The van der Waals surface area contributed by atoms with Gasteiger partial charge in [0.1, 0.15) is 11.7 Å². The molecule has 0 bridgehead atoms. The van der Waals surface area contributed by atoms with Gasteiger partial charge in [-0.05, 0) is 42.8 Å². The first kappa shape index (κ1) is 24.3. The number of aliphatic hydroxyl groups is 1. The van der Waals surface area contributed by atoms with Crippen LogP contribution in [0.2, 0.25) is 0 Å². The van der Waals surface area contributed by atoms with Crippen molar-refractivity contribution in [3.8, 4) is 17.0 Å². The lowest BCUT2D eigenvalue weighted by atomic mass is 9.99. The third-order valence-electron chi connectivity index (χ3n) is 6.26. The van der Waals surface area contributed by atoms with E-state index in [0.717, 1.165) is 11.1 Å². The Labute approximate surface area is 204 Å². The van der Waals surface area contributed by atoms with E-state index in [-0.39, 0.29) is 30.2 Å². The summed E-state index contributed by atoms with van der Waals surface area (Å²) < 4.78 is 6.29. The minimum absolute atomic E-state index is 0.129. The van der Waals surface area contributed by atoms with Crippen molar-refractivity contribution in [2.24, 2.45) is 5.92 Å². The van der Waals surface area contributed by atoms with E-state index in [1.165, 1.54) is 0 Å². The summed E-state index contributed by atoms with van der Waals surface area (Å²) in [6.45, 7) is 4.26. The second-order valence-electron chi connectivity index (χ2n) is 8.86. The highest BCUT2D eigenvalue weighted by molar-refractivity contribution is 5.98. The predicted octanol–water partition coefficient (Wildman–Crippen LogP) is 2.53. The number of rotatable bonds is 6. The molecule has 0 saturated carbocycles.